The maximum atomic E-state index is 13.3. The van der Waals surface area contributed by atoms with Crippen molar-refractivity contribution in [2.75, 3.05) is 18.0 Å². The Morgan fingerprint density at radius 2 is 2.21 bits per heavy atom. The van der Waals surface area contributed by atoms with Gasteiger partial charge in [0.1, 0.15) is 11.4 Å². The number of anilines is 1. The van der Waals surface area contributed by atoms with E-state index in [0.717, 1.165) is 24.8 Å². The van der Waals surface area contributed by atoms with Gasteiger partial charge >= 0.3 is 6.03 Å². The number of rotatable bonds is 6. The lowest BCUT2D eigenvalue weighted by atomic mass is 9.97. The lowest BCUT2D eigenvalue weighted by molar-refractivity contribution is 0.0930. The number of H-pyrrole nitrogens is 1. The third kappa shape index (κ3) is 4.78. The van der Waals surface area contributed by atoms with Gasteiger partial charge in [-0.15, -0.1) is 0 Å². The molecule has 3 aromatic rings. The van der Waals surface area contributed by atoms with Crippen LogP contribution in [0.2, 0.25) is 5.02 Å². The Hall–Kier alpha value is -3.37. The number of hydrogen-bond acceptors (Lipinski definition) is 7. The van der Waals surface area contributed by atoms with Gasteiger partial charge in [0.25, 0.3) is 5.56 Å². The van der Waals surface area contributed by atoms with Crippen LogP contribution in [-0.2, 0) is 6.54 Å². The summed E-state index contributed by atoms with van der Waals surface area (Å²) < 4.78 is 5.41. The fourth-order valence-electron chi connectivity index (χ4n) is 4.45. The summed E-state index contributed by atoms with van der Waals surface area (Å²) >= 11 is 6.06. The SMILES string of the molecule is N[C@]1(N(C(=O)NCc2cc(-c3cccc(Cl)c3)no2)C2CC2)CCCN(c2nccc(=O)[nH]2)C1. The maximum Gasteiger partial charge on any atom is 0.319 e. The maximum absolute atomic E-state index is 13.3. The zero-order valence-corrected chi connectivity index (χ0v) is 19.3. The normalized spacial score (nSPS) is 20.2. The molecule has 11 heteroatoms. The van der Waals surface area contributed by atoms with Crippen LogP contribution in [0, 0.1) is 0 Å². The zero-order valence-electron chi connectivity index (χ0n) is 18.5. The van der Waals surface area contributed by atoms with Gasteiger partial charge < -0.3 is 25.4 Å². The van der Waals surface area contributed by atoms with Crippen molar-refractivity contribution in [3.05, 3.63) is 63.7 Å². The van der Waals surface area contributed by atoms with Gasteiger partial charge in [-0.25, -0.2) is 9.78 Å². The molecule has 1 aliphatic heterocycles. The molecule has 3 heterocycles. The van der Waals surface area contributed by atoms with Crippen molar-refractivity contribution in [2.45, 2.75) is 43.9 Å². The van der Waals surface area contributed by atoms with Crippen molar-refractivity contribution in [3.8, 4) is 11.3 Å². The van der Waals surface area contributed by atoms with E-state index < -0.39 is 5.66 Å². The number of nitrogens with zero attached hydrogens (tertiary/aromatic N) is 4. The van der Waals surface area contributed by atoms with Crippen LogP contribution in [0.25, 0.3) is 11.3 Å². The van der Waals surface area contributed by atoms with Gasteiger partial charge in [-0.3, -0.25) is 9.78 Å². The Morgan fingerprint density at radius 1 is 1.35 bits per heavy atom. The number of carbonyl (C=O) groups excluding carboxylic acids is 1. The summed E-state index contributed by atoms with van der Waals surface area (Å²) in [6.07, 6.45) is 4.73. The summed E-state index contributed by atoms with van der Waals surface area (Å²) in [7, 11) is 0. The van der Waals surface area contributed by atoms with E-state index in [9.17, 15) is 9.59 Å². The molecule has 2 fully saturated rings. The minimum absolute atomic E-state index is 0.0875. The Kier molecular flexibility index (Phi) is 6.01. The number of urea groups is 1. The van der Waals surface area contributed by atoms with E-state index in [0.29, 0.717) is 41.9 Å². The van der Waals surface area contributed by atoms with Crippen LogP contribution < -0.4 is 21.5 Å². The number of benzene rings is 1. The quantitative estimate of drug-likeness (QED) is 0.459. The Labute approximate surface area is 201 Å². The lowest BCUT2D eigenvalue weighted by Gasteiger charge is -2.47. The van der Waals surface area contributed by atoms with Gasteiger partial charge in [0.15, 0.2) is 5.76 Å². The average molecular weight is 484 g/mol. The van der Waals surface area contributed by atoms with Gasteiger partial charge in [-0.2, -0.15) is 0 Å². The van der Waals surface area contributed by atoms with Gasteiger partial charge in [0.2, 0.25) is 5.95 Å². The number of carbonyl (C=O) groups is 1. The molecule has 0 spiro atoms. The summed E-state index contributed by atoms with van der Waals surface area (Å²) in [5.41, 5.74) is 7.21. The Morgan fingerprint density at radius 3 is 2.97 bits per heavy atom. The summed E-state index contributed by atoms with van der Waals surface area (Å²) in [5, 5.41) is 7.64. The molecule has 34 heavy (non-hydrogen) atoms. The van der Waals surface area contributed by atoms with Crippen LogP contribution in [0.5, 0.6) is 0 Å². The number of nitrogens with one attached hydrogen (secondary N) is 2. The third-order valence-corrected chi connectivity index (χ3v) is 6.40. The molecule has 0 unspecified atom stereocenters. The van der Waals surface area contributed by atoms with Crippen molar-refractivity contribution in [2.24, 2.45) is 5.73 Å². The standard InChI is InChI=1S/C23H26ClN7O3/c24-16-4-1-3-15(11-16)19-12-18(34-29-19)13-27-22(33)31(17-5-6-17)23(25)8-2-10-30(14-23)21-26-9-7-20(32)28-21/h1,3-4,7,9,11-12,17H,2,5-6,8,10,13-14,25H2,(H,27,33)(H,26,28,32)/t23-/m0/s1. The first kappa shape index (κ1) is 22.4. The fraction of sp³-hybridized carbons (Fsp3) is 0.391. The van der Waals surface area contributed by atoms with Crippen molar-refractivity contribution < 1.29 is 9.32 Å². The van der Waals surface area contributed by atoms with Crippen molar-refractivity contribution >= 4 is 23.6 Å². The molecule has 2 aliphatic rings. The van der Waals surface area contributed by atoms with E-state index >= 15 is 0 Å². The zero-order chi connectivity index (χ0) is 23.7. The molecule has 2 aromatic heterocycles. The van der Waals surface area contributed by atoms with Crippen LogP contribution in [0.15, 0.2) is 51.9 Å². The highest BCUT2D eigenvalue weighted by atomic mass is 35.5. The van der Waals surface area contributed by atoms with Gasteiger partial charge in [0, 0.05) is 41.5 Å². The second kappa shape index (κ2) is 9.11. The number of hydrogen-bond donors (Lipinski definition) is 3. The molecule has 0 bridgehead atoms. The molecule has 1 atom stereocenters. The molecular formula is C23H26ClN7O3. The van der Waals surface area contributed by atoms with Crippen LogP contribution >= 0.6 is 11.6 Å². The van der Waals surface area contributed by atoms with E-state index in [1.807, 2.05) is 17.0 Å². The van der Waals surface area contributed by atoms with Crippen LogP contribution in [0.4, 0.5) is 10.7 Å². The predicted molar refractivity (Wildman–Crippen MR) is 127 cm³/mol. The predicted octanol–water partition coefficient (Wildman–Crippen LogP) is 2.71. The Balaban J connectivity index is 1.28. The summed E-state index contributed by atoms with van der Waals surface area (Å²) in [4.78, 5) is 35.7. The van der Waals surface area contributed by atoms with E-state index in [-0.39, 0.29) is 24.2 Å². The van der Waals surface area contributed by atoms with Crippen molar-refractivity contribution in [3.63, 3.8) is 0 Å². The van der Waals surface area contributed by atoms with E-state index in [2.05, 4.69) is 20.4 Å². The van der Waals surface area contributed by atoms with Gasteiger partial charge in [-0.05, 0) is 37.8 Å². The molecule has 1 aromatic carbocycles. The molecule has 0 radical (unpaired) electrons. The third-order valence-electron chi connectivity index (χ3n) is 6.16. The molecule has 2 amide bonds. The van der Waals surface area contributed by atoms with Crippen LogP contribution in [0.3, 0.4) is 0 Å². The first-order valence-electron chi connectivity index (χ1n) is 11.3. The highest BCUT2D eigenvalue weighted by Gasteiger charge is 2.47. The average Bonchev–Trinajstić information content (AvgIpc) is 3.52. The molecule has 10 nitrogen and oxygen atoms in total. The van der Waals surface area contributed by atoms with Gasteiger partial charge in [0.05, 0.1) is 13.1 Å². The molecule has 1 saturated heterocycles. The number of aromatic nitrogens is 3. The van der Waals surface area contributed by atoms with Crippen molar-refractivity contribution in [1.29, 1.82) is 0 Å². The van der Waals surface area contributed by atoms with E-state index in [1.54, 1.807) is 23.1 Å². The molecule has 178 valence electrons. The number of halogens is 1. The molecule has 4 N–H and O–H groups in total. The molecule has 5 rings (SSSR count). The molecular weight excluding hydrogens is 458 g/mol. The van der Waals surface area contributed by atoms with Crippen molar-refractivity contribution in [1.82, 2.24) is 25.3 Å². The number of piperidine rings is 1. The number of aromatic amines is 1. The monoisotopic (exact) mass is 483 g/mol. The topological polar surface area (TPSA) is 133 Å². The largest absolute Gasteiger partial charge is 0.359 e. The second-order valence-electron chi connectivity index (χ2n) is 8.84. The fourth-order valence-corrected chi connectivity index (χ4v) is 4.65. The van der Waals surface area contributed by atoms with E-state index in [4.69, 9.17) is 21.9 Å². The first-order valence-corrected chi connectivity index (χ1v) is 11.7. The van der Waals surface area contributed by atoms with Crippen LogP contribution in [-0.4, -0.2) is 50.8 Å². The second-order valence-corrected chi connectivity index (χ2v) is 9.27. The lowest BCUT2D eigenvalue weighted by Crippen LogP contribution is -2.68. The first-order chi connectivity index (χ1) is 16.4. The highest BCUT2D eigenvalue weighted by Crippen LogP contribution is 2.35. The van der Waals surface area contributed by atoms with Crippen LogP contribution in [0.1, 0.15) is 31.4 Å². The molecule has 1 aliphatic carbocycles. The highest BCUT2D eigenvalue weighted by molar-refractivity contribution is 6.30. The minimum Gasteiger partial charge on any atom is -0.359 e. The number of nitrogens with two attached hydrogens (primary N) is 1. The summed E-state index contributed by atoms with van der Waals surface area (Å²) in [6.45, 7) is 1.27. The molecule has 1 saturated carbocycles. The smallest absolute Gasteiger partial charge is 0.319 e. The van der Waals surface area contributed by atoms with E-state index in [1.165, 1.54) is 12.3 Å². The summed E-state index contributed by atoms with van der Waals surface area (Å²) in [6, 6.07) is 10.3. The number of amides is 2. The Bertz CT molecular complexity index is 1240. The summed E-state index contributed by atoms with van der Waals surface area (Å²) in [5.74, 6) is 0.995. The minimum atomic E-state index is -0.884. The van der Waals surface area contributed by atoms with Gasteiger partial charge in [-0.1, -0.05) is 28.9 Å².